The molecule has 0 amide bonds. The first kappa shape index (κ1) is 16.5. The van der Waals surface area contributed by atoms with Crippen molar-refractivity contribution in [2.75, 3.05) is 19.0 Å². The average Bonchev–Trinajstić information content (AvgIpc) is 2.60. The molecule has 0 aliphatic rings. The number of nitrogens with one attached hydrogen (secondary N) is 1. The van der Waals surface area contributed by atoms with Crippen LogP contribution in [0.25, 0.3) is 10.8 Å². The van der Waals surface area contributed by atoms with Crippen molar-refractivity contribution in [3.63, 3.8) is 0 Å². The SMILES string of the molecule is CN(C)c1ccc(CNS(=O)(=O)c2cccc3ccccc23)cc1. The van der Waals surface area contributed by atoms with E-state index in [1.165, 1.54) is 0 Å². The highest BCUT2D eigenvalue weighted by Gasteiger charge is 2.16. The van der Waals surface area contributed by atoms with Crippen molar-refractivity contribution in [3.05, 3.63) is 72.3 Å². The molecule has 0 aromatic heterocycles. The Kier molecular flexibility index (Phi) is 4.55. The summed E-state index contributed by atoms with van der Waals surface area (Å²) >= 11 is 0. The molecule has 0 saturated carbocycles. The molecule has 0 atom stereocenters. The summed E-state index contributed by atoms with van der Waals surface area (Å²) in [6, 6.07) is 20.6. The molecule has 124 valence electrons. The third-order valence-electron chi connectivity index (χ3n) is 3.96. The van der Waals surface area contributed by atoms with Crippen LogP contribution in [0.3, 0.4) is 0 Å². The number of nitrogens with zero attached hydrogens (tertiary/aromatic N) is 1. The highest BCUT2D eigenvalue weighted by atomic mass is 32.2. The lowest BCUT2D eigenvalue weighted by molar-refractivity contribution is 0.582. The van der Waals surface area contributed by atoms with Gasteiger partial charge >= 0.3 is 0 Å². The Morgan fingerprint density at radius 3 is 2.25 bits per heavy atom. The number of hydrogen-bond donors (Lipinski definition) is 1. The van der Waals surface area contributed by atoms with Crippen LogP contribution in [0.4, 0.5) is 5.69 Å². The molecule has 5 heteroatoms. The molecule has 24 heavy (non-hydrogen) atoms. The highest BCUT2D eigenvalue weighted by molar-refractivity contribution is 7.89. The predicted octanol–water partition coefficient (Wildman–Crippen LogP) is 3.38. The minimum atomic E-state index is -3.57. The first-order valence-electron chi connectivity index (χ1n) is 7.71. The van der Waals surface area contributed by atoms with Crippen molar-refractivity contribution >= 4 is 26.5 Å². The Hall–Kier alpha value is -2.37. The summed E-state index contributed by atoms with van der Waals surface area (Å²) in [6.07, 6.45) is 0. The zero-order chi connectivity index (χ0) is 17.2. The number of benzene rings is 3. The van der Waals surface area contributed by atoms with Gasteiger partial charge in [0.05, 0.1) is 4.90 Å². The highest BCUT2D eigenvalue weighted by Crippen LogP contribution is 2.23. The van der Waals surface area contributed by atoms with Crippen LogP contribution in [-0.2, 0) is 16.6 Å². The second-order valence-electron chi connectivity index (χ2n) is 5.86. The lowest BCUT2D eigenvalue weighted by Gasteiger charge is -2.13. The molecule has 0 radical (unpaired) electrons. The summed E-state index contributed by atoms with van der Waals surface area (Å²) in [5.74, 6) is 0. The van der Waals surface area contributed by atoms with E-state index in [1.54, 1.807) is 12.1 Å². The van der Waals surface area contributed by atoms with E-state index in [0.717, 1.165) is 22.0 Å². The van der Waals surface area contributed by atoms with Gasteiger partial charge in [0.15, 0.2) is 0 Å². The van der Waals surface area contributed by atoms with E-state index in [1.807, 2.05) is 73.6 Å². The second-order valence-corrected chi connectivity index (χ2v) is 7.60. The second kappa shape index (κ2) is 6.63. The summed E-state index contributed by atoms with van der Waals surface area (Å²) in [6.45, 7) is 0.263. The maximum Gasteiger partial charge on any atom is 0.241 e. The van der Waals surface area contributed by atoms with Gasteiger partial charge in [0, 0.05) is 31.7 Å². The van der Waals surface area contributed by atoms with Gasteiger partial charge in [0.2, 0.25) is 10.0 Å². The van der Waals surface area contributed by atoms with Crippen LogP contribution in [0.15, 0.2) is 71.6 Å². The Morgan fingerprint density at radius 1 is 0.875 bits per heavy atom. The van der Waals surface area contributed by atoms with Gasteiger partial charge in [0.1, 0.15) is 0 Å². The molecule has 1 N–H and O–H groups in total. The Balaban J connectivity index is 1.83. The van der Waals surface area contributed by atoms with Gasteiger partial charge < -0.3 is 4.90 Å². The van der Waals surface area contributed by atoms with E-state index in [0.29, 0.717) is 4.90 Å². The van der Waals surface area contributed by atoms with E-state index in [-0.39, 0.29) is 6.54 Å². The fraction of sp³-hybridized carbons (Fsp3) is 0.158. The fourth-order valence-corrected chi connectivity index (χ4v) is 3.84. The quantitative estimate of drug-likeness (QED) is 0.774. The summed E-state index contributed by atoms with van der Waals surface area (Å²) in [5.41, 5.74) is 2.00. The van der Waals surface area contributed by atoms with Crippen molar-refractivity contribution in [2.24, 2.45) is 0 Å². The van der Waals surface area contributed by atoms with Gasteiger partial charge in [-0.15, -0.1) is 0 Å². The van der Waals surface area contributed by atoms with Crippen LogP contribution >= 0.6 is 0 Å². The zero-order valence-corrected chi connectivity index (χ0v) is 14.5. The number of anilines is 1. The van der Waals surface area contributed by atoms with Crippen molar-refractivity contribution in [3.8, 4) is 0 Å². The number of fused-ring (bicyclic) bond motifs is 1. The molecule has 0 saturated heterocycles. The predicted molar refractivity (Wildman–Crippen MR) is 98.7 cm³/mol. The minimum Gasteiger partial charge on any atom is -0.378 e. The Bertz CT molecular complexity index is 943. The van der Waals surface area contributed by atoms with E-state index in [2.05, 4.69) is 4.72 Å². The molecular weight excluding hydrogens is 320 g/mol. The third kappa shape index (κ3) is 3.42. The lowest BCUT2D eigenvalue weighted by Crippen LogP contribution is -2.23. The van der Waals surface area contributed by atoms with Gasteiger partial charge in [-0.05, 0) is 29.1 Å². The van der Waals surface area contributed by atoms with Gasteiger partial charge in [-0.25, -0.2) is 13.1 Å². The standard InChI is InChI=1S/C19H20N2O2S/c1-21(2)17-12-10-15(11-13-17)14-20-24(22,23)19-9-5-7-16-6-3-4-8-18(16)19/h3-13,20H,14H2,1-2H3. The van der Waals surface area contributed by atoms with Gasteiger partial charge in [-0.2, -0.15) is 0 Å². The van der Waals surface area contributed by atoms with Gasteiger partial charge in [0.25, 0.3) is 0 Å². The molecule has 3 aromatic rings. The molecule has 0 fully saturated rings. The maximum atomic E-state index is 12.7. The molecule has 0 unspecified atom stereocenters. The molecular formula is C19H20N2O2S. The Morgan fingerprint density at radius 2 is 1.54 bits per heavy atom. The average molecular weight is 340 g/mol. The summed E-state index contributed by atoms with van der Waals surface area (Å²) in [7, 11) is 0.369. The fourth-order valence-electron chi connectivity index (χ4n) is 2.60. The summed E-state index contributed by atoms with van der Waals surface area (Å²) in [4.78, 5) is 2.31. The molecule has 0 heterocycles. The first-order valence-corrected chi connectivity index (χ1v) is 9.19. The maximum absolute atomic E-state index is 12.7. The third-order valence-corrected chi connectivity index (χ3v) is 5.42. The van der Waals surface area contributed by atoms with Crippen LogP contribution < -0.4 is 9.62 Å². The van der Waals surface area contributed by atoms with Crippen molar-refractivity contribution < 1.29 is 8.42 Å². The minimum absolute atomic E-state index is 0.263. The monoisotopic (exact) mass is 340 g/mol. The van der Waals surface area contributed by atoms with Gasteiger partial charge in [-0.1, -0.05) is 48.5 Å². The van der Waals surface area contributed by atoms with E-state index in [9.17, 15) is 8.42 Å². The van der Waals surface area contributed by atoms with Crippen LogP contribution in [-0.4, -0.2) is 22.5 Å². The van der Waals surface area contributed by atoms with Crippen molar-refractivity contribution in [2.45, 2.75) is 11.4 Å². The number of rotatable bonds is 5. The first-order chi connectivity index (χ1) is 11.5. The molecule has 0 bridgehead atoms. The van der Waals surface area contributed by atoms with Crippen molar-refractivity contribution in [1.29, 1.82) is 0 Å². The molecule has 0 aliphatic heterocycles. The van der Waals surface area contributed by atoms with E-state index in [4.69, 9.17) is 0 Å². The van der Waals surface area contributed by atoms with Crippen molar-refractivity contribution in [1.82, 2.24) is 4.72 Å². The lowest BCUT2D eigenvalue weighted by atomic mass is 10.1. The normalized spacial score (nSPS) is 11.6. The molecule has 0 aliphatic carbocycles. The molecule has 4 nitrogen and oxygen atoms in total. The molecule has 3 rings (SSSR count). The number of hydrogen-bond acceptors (Lipinski definition) is 3. The molecule has 3 aromatic carbocycles. The smallest absolute Gasteiger partial charge is 0.241 e. The number of sulfonamides is 1. The largest absolute Gasteiger partial charge is 0.378 e. The van der Waals surface area contributed by atoms with E-state index < -0.39 is 10.0 Å². The van der Waals surface area contributed by atoms with E-state index >= 15 is 0 Å². The summed E-state index contributed by atoms with van der Waals surface area (Å²) in [5, 5.41) is 1.64. The Labute approximate surface area is 142 Å². The summed E-state index contributed by atoms with van der Waals surface area (Å²) < 4.78 is 28.0. The van der Waals surface area contributed by atoms with Crippen LogP contribution in [0, 0.1) is 0 Å². The molecule has 0 spiro atoms. The van der Waals surface area contributed by atoms with Crippen LogP contribution in [0.5, 0.6) is 0 Å². The van der Waals surface area contributed by atoms with Gasteiger partial charge in [-0.3, -0.25) is 0 Å². The van der Waals surface area contributed by atoms with Crippen LogP contribution in [0.2, 0.25) is 0 Å². The topological polar surface area (TPSA) is 49.4 Å². The van der Waals surface area contributed by atoms with Crippen LogP contribution in [0.1, 0.15) is 5.56 Å². The zero-order valence-electron chi connectivity index (χ0n) is 13.7.